The zero-order valence-corrected chi connectivity index (χ0v) is 13.9. The van der Waals surface area contributed by atoms with Gasteiger partial charge in [0, 0.05) is 26.3 Å². The van der Waals surface area contributed by atoms with Crippen LogP contribution in [0, 0.1) is 0 Å². The summed E-state index contributed by atoms with van der Waals surface area (Å²) in [6.07, 6.45) is 0.599. The summed E-state index contributed by atoms with van der Waals surface area (Å²) in [5.74, 6) is -0.271. The van der Waals surface area contributed by atoms with E-state index in [1.165, 1.54) is 23.4 Å². The Morgan fingerprint density at radius 3 is 2.50 bits per heavy atom. The molecule has 0 saturated carbocycles. The van der Waals surface area contributed by atoms with E-state index in [-0.39, 0.29) is 11.9 Å². The molecule has 0 fully saturated rings. The predicted octanol–water partition coefficient (Wildman–Crippen LogP) is 0.943. The lowest BCUT2D eigenvalue weighted by Crippen LogP contribution is -2.36. The van der Waals surface area contributed by atoms with E-state index in [2.05, 4.69) is 9.97 Å². The zero-order valence-electron chi connectivity index (χ0n) is 13.0. The quantitative estimate of drug-likeness (QED) is 0.624. The number of imidazole rings is 1. The van der Waals surface area contributed by atoms with Crippen LogP contribution in [0.5, 0.6) is 0 Å². The molecule has 0 saturated heterocycles. The van der Waals surface area contributed by atoms with Gasteiger partial charge in [0.2, 0.25) is 0 Å². The van der Waals surface area contributed by atoms with E-state index in [0.717, 1.165) is 4.57 Å². The number of carboxylic acid groups (broad SMARTS) is 1. The molecule has 2 N–H and O–H groups in total. The number of aliphatic carboxylic acids is 1. The largest absolute Gasteiger partial charge is 0.481 e. The maximum absolute atomic E-state index is 11.9. The lowest BCUT2D eigenvalue weighted by atomic mass is 10.3. The molecule has 0 aliphatic heterocycles. The summed E-state index contributed by atoms with van der Waals surface area (Å²) >= 11 is 1.32. The minimum atomic E-state index is -0.841. The average Bonchev–Trinajstić information content (AvgIpc) is 2.93. The summed E-state index contributed by atoms with van der Waals surface area (Å²) in [6, 6.07) is 0. The standard InChI is InChI=1S/C11H14N4O4S.C2H6/c1-14-8-7(9(18)15(2)11(14)19)12-10(13-8)20-5-3-4-6(16)17;1-2/h3-5H2,1-2H3,(H,12,13)(H,16,17);1-2H3. The van der Waals surface area contributed by atoms with Crippen molar-refractivity contribution in [2.75, 3.05) is 5.75 Å². The Kier molecular flexibility index (Phi) is 6.41. The molecule has 0 aliphatic rings. The first kappa shape index (κ1) is 18.0. The van der Waals surface area contributed by atoms with Crippen LogP contribution in [0.3, 0.4) is 0 Å². The summed E-state index contributed by atoms with van der Waals surface area (Å²) in [5.41, 5.74) is -0.279. The van der Waals surface area contributed by atoms with E-state index in [9.17, 15) is 14.4 Å². The zero-order chi connectivity index (χ0) is 16.9. The van der Waals surface area contributed by atoms with Crippen LogP contribution < -0.4 is 11.2 Å². The van der Waals surface area contributed by atoms with E-state index in [0.29, 0.717) is 23.0 Å². The third-order valence-corrected chi connectivity index (χ3v) is 3.81. The monoisotopic (exact) mass is 328 g/mol. The lowest BCUT2D eigenvalue weighted by Gasteiger charge is -2.00. The van der Waals surface area contributed by atoms with Crippen LogP contribution in [-0.2, 0) is 18.9 Å². The Morgan fingerprint density at radius 2 is 1.91 bits per heavy atom. The highest BCUT2D eigenvalue weighted by Gasteiger charge is 2.13. The van der Waals surface area contributed by atoms with Crippen LogP contribution >= 0.6 is 11.8 Å². The van der Waals surface area contributed by atoms with Crippen LogP contribution in [0.1, 0.15) is 26.7 Å². The van der Waals surface area contributed by atoms with Crippen molar-refractivity contribution in [3.63, 3.8) is 0 Å². The van der Waals surface area contributed by atoms with Crippen LogP contribution in [-0.4, -0.2) is 35.9 Å². The second kappa shape index (κ2) is 7.83. The van der Waals surface area contributed by atoms with Gasteiger partial charge in [0.05, 0.1) is 0 Å². The Morgan fingerprint density at radius 1 is 1.27 bits per heavy atom. The number of carbonyl (C=O) groups is 1. The van der Waals surface area contributed by atoms with E-state index in [4.69, 9.17) is 5.11 Å². The van der Waals surface area contributed by atoms with Gasteiger partial charge in [-0.2, -0.15) is 0 Å². The second-order valence-corrected chi connectivity index (χ2v) is 5.38. The highest BCUT2D eigenvalue weighted by molar-refractivity contribution is 7.99. The molecule has 0 atom stereocenters. The summed E-state index contributed by atoms with van der Waals surface area (Å²) in [4.78, 5) is 41.1. The third kappa shape index (κ3) is 3.79. The molecular weight excluding hydrogens is 308 g/mol. The summed E-state index contributed by atoms with van der Waals surface area (Å²) in [6.45, 7) is 4.00. The maximum Gasteiger partial charge on any atom is 0.332 e. The molecule has 9 heteroatoms. The number of aromatic nitrogens is 4. The van der Waals surface area contributed by atoms with Crippen molar-refractivity contribution in [2.45, 2.75) is 31.8 Å². The number of hydrogen-bond acceptors (Lipinski definition) is 5. The molecule has 22 heavy (non-hydrogen) atoms. The molecule has 0 amide bonds. The van der Waals surface area contributed by atoms with Crippen LogP contribution in [0.15, 0.2) is 14.7 Å². The van der Waals surface area contributed by atoms with Gasteiger partial charge in [-0.25, -0.2) is 9.78 Å². The fourth-order valence-electron chi connectivity index (χ4n) is 1.77. The highest BCUT2D eigenvalue weighted by atomic mass is 32.2. The van der Waals surface area contributed by atoms with Crippen molar-refractivity contribution in [3.05, 3.63) is 20.8 Å². The Hall–Kier alpha value is -2.03. The normalized spacial score (nSPS) is 10.4. The first-order valence-corrected chi connectivity index (χ1v) is 7.90. The van der Waals surface area contributed by atoms with E-state index in [1.807, 2.05) is 13.8 Å². The second-order valence-electron chi connectivity index (χ2n) is 4.29. The summed E-state index contributed by atoms with van der Waals surface area (Å²) in [5, 5.41) is 9.05. The Balaban J connectivity index is 0.00000116. The summed E-state index contributed by atoms with van der Waals surface area (Å²) < 4.78 is 2.31. The van der Waals surface area contributed by atoms with E-state index < -0.39 is 17.2 Å². The molecule has 2 aromatic heterocycles. The van der Waals surface area contributed by atoms with E-state index in [1.54, 1.807) is 7.05 Å². The van der Waals surface area contributed by atoms with Gasteiger partial charge in [-0.05, 0) is 6.42 Å². The van der Waals surface area contributed by atoms with Crippen molar-refractivity contribution in [3.8, 4) is 0 Å². The first-order valence-electron chi connectivity index (χ1n) is 6.92. The molecule has 0 radical (unpaired) electrons. The topological polar surface area (TPSA) is 110 Å². The molecular formula is C13H20N4O4S. The van der Waals surface area contributed by atoms with Crippen molar-refractivity contribution >= 4 is 28.9 Å². The van der Waals surface area contributed by atoms with Crippen molar-refractivity contribution < 1.29 is 9.90 Å². The minimum absolute atomic E-state index is 0.0908. The fourth-order valence-corrected chi connectivity index (χ4v) is 2.57. The highest BCUT2D eigenvalue weighted by Crippen LogP contribution is 2.17. The SMILES string of the molecule is CC.Cn1c(=O)c2[nH]c(SCCCC(=O)O)nc2n(C)c1=O. The molecule has 0 bridgehead atoms. The minimum Gasteiger partial charge on any atom is -0.481 e. The van der Waals surface area contributed by atoms with Gasteiger partial charge >= 0.3 is 11.7 Å². The van der Waals surface area contributed by atoms with Gasteiger partial charge in [0.1, 0.15) is 0 Å². The van der Waals surface area contributed by atoms with Gasteiger partial charge < -0.3 is 10.1 Å². The number of aromatic amines is 1. The van der Waals surface area contributed by atoms with Crippen molar-refractivity contribution in [1.29, 1.82) is 0 Å². The predicted molar refractivity (Wildman–Crippen MR) is 85.5 cm³/mol. The van der Waals surface area contributed by atoms with Gasteiger partial charge in [-0.3, -0.25) is 18.7 Å². The number of carboxylic acids is 1. The van der Waals surface area contributed by atoms with Crippen molar-refractivity contribution in [2.24, 2.45) is 14.1 Å². The lowest BCUT2D eigenvalue weighted by molar-refractivity contribution is -0.137. The Labute approximate surface area is 131 Å². The molecule has 8 nitrogen and oxygen atoms in total. The molecule has 2 aromatic rings. The Bertz CT molecular complexity index is 775. The van der Waals surface area contributed by atoms with Crippen LogP contribution in [0.25, 0.3) is 11.2 Å². The van der Waals surface area contributed by atoms with Crippen LogP contribution in [0.4, 0.5) is 0 Å². The number of aryl methyl sites for hydroxylation is 1. The van der Waals surface area contributed by atoms with Crippen molar-refractivity contribution in [1.82, 2.24) is 19.1 Å². The number of thioether (sulfide) groups is 1. The molecule has 0 aliphatic carbocycles. The van der Waals surface area contributed by atoms with Gasteiger partial charge in [0.25, 0.3) is 5.56 Å². The number of nitrogens with one attached hydrogen (secondary N) is 1. The molecule has 122 valence electrons. The number of rotatable bonds is 5. The molecule has 0 aromatic carbocycles. The first-order chi connectivity index (χ1) is 10.4. The third-order valence-electron chi connectivity index (χ3n) is 2.85. The number of hydrogen-bond donors (Lipinski definition) is 2. The van der Waals surface area contributed by atoms with Gasteiger partial charge in [-0.1, -0.05) is 25.6 Å². The molecule has 2 rings (SSSR count). The number of fused-ring (bicyclic) bond motifs is 1. The summed E-state index contributed by atoms with van der Waals surface area (Å²) in [7, 11) is 2.95. The van der Waals surface area contributed by atoms with Gasteiger partial charge in [0.15, 0.2) is 16.3 Å². The maximum atomic E-state index is 11.9. The molecule has 2 heterocycles. The number of nitrogens with zero attached hydrogens (tertiary/aromatic N) is 3. The molecule has 0 spiro atoms. The number of H-pyrrole nitrogens is 1. The molecule has 0 unspecified atom stereocenters. The smallest absolute Gasteiger partial charge is 0.332 e. The fraction of sp³-hybridized carbons (Fsp3) is 0.538. The van der Waals surface area contributed by atoms with E-state index >= 15 is 0 Å². The average molecular weight is 328 g/mol. The van der Waals surface area contributed by atoms with Crippen LogP contribution in [0.2, 0.25) is 0 Å². The van der Waals surface area contributed by atoms with Gasteiger partial charge in [-0.15, -0.1) is 0 Å².